The Balaban J connectivity index is 2.33. The lowest BCUT2D eigenvalue weighted by Crippen LogP contribution is -2.45. The fourth-order valence-corrected chi connectivity index (χ4v) is 2.55. The van der Waals surface area contributed by atoms with Crippen LogP contribution in [-0.4, -0.2) is 32.1 Å². The number of rotatable bonds is 6. The summed E-state index contributed by atoms with van der Waals surface area (Å²) < 4.78 is 15.7. The van der Waals surface area contributed by atoms with Gasteiger partial charge in [0.25, 0.3) is 5.91 Å². The number of carbonyl (C=O) groups is 2. The van der Waals surface area contributed by atoms with E-state index in [1.165, 1.54) is 7.11 Å². The summed E-state index contributed by atoms with van der Waals surface area (Å²) in [5.74, 6) is -0.0708. The van der Waals surface area contributed by atoms with Crippen LogP contribution in [-0.2, 0) is 9.53 Å². The second kappa shape index (κ2) is 7.38. The predicted molar refractivity (Wildman–Crippen MR) is 90.2 cm³/mol. The Morgan fingerprint density at radius 2 is 2.00 bits per heavy atom. The molecular weight excluding hydrogens is 310 g/mol. The average Bonchev–Trinajstić information content (AvgIpc) is 2.94. The summed E-state index contributed by atoms with van der Waals surface area (Å²) in [5.41, 5.74) is 1.30. The van der Waals surface area contributed by atoms with Gasteiger partial charge in [-0.15, -0.1) is 0 Å². The van der Waals surface area contributed by atoms with Crippen molar-refractivity contribution in [3.05, 3.63) is 29.5 Å². The first-order valence-electron chi connectivity index (χ1n) is 7.88. The maximum atomic E-state index is 12.6. The SMILES string of the molecule is CC[C@@H](C)[C@H](NC(=O)c1oc2ccc(OC)cc2c1C)C(=O)OC. The first kappa shape index (κ1) is 17.8. The number of aryl methyl sites for hydroxylation is 1. The molecule has 1 aromatic carbocycles. The minimum Gasteiger partial charge on any atom is -0.497 e. The van der Waals surface area contributed by atoms with Crippen molar-refractivity contribution in [2.45, 2.75) is 33.2 Å². The van der Waals surface area contributed by atoms with Gasteiger partial charge in [-0.1, -0.05) is 20.3 Å². The van der Waals surface area contributed by atoms with Crippen molar-refractivity contribution in [1.29, 1.82) is 0 Å². The highest BCUT2D eigenvalue weighted by atomic mass is 16.5. The van der Waals surface area contributed by atoms with Crippen LogP contribution in [0.15, 0.2) is 22.6 Å². The van der Waals surface area contributed by atoms with Crippen LogP contribution in [0.3, 0.4) is 0 Å². The maximum absolute atomic E-state index is 12.6. The lowest BCUT2D eigenvalue weighted by atomic mass is 9.99. The van der Waals surface area contributed by atoms with Crippen LogP contribution in [0.25, 0.3) is 11.0 Å². The van der Waals surface area contributed by atoms with E-state index in [1.54, 1.807) is 26.2 Å². The molecule has 0 spiro atoms. The Morgan fingerprint density at radius 3 is 2.58 bits per heavy atom. The maximum Gasteiger partial charge on any atom is 0.328 e. The second-order valence-electron chi connectivity index (χ2n) is 5.78. The molecule has 0 saturated carbocycles. The van der Waals surface area contributed by atoms with Gasteiger partial charge in [0, 0.05) is 10.9 Å². The fourth-order valence-electron chi connectivity index (χ4n) is 2.55. The van der Waals surface area contributed by atoms with E-state index in [0.717, 1.165) is 11.8 Å². The molecule has 0 fully saturated rings. The standard InChI is InChI=1S/C18H23NO5/c1-6-10(2)15(18(21)23-5)19-17(20)16-11(3)13-9-12(22-4)7-8-14(13)24-16/h7-10,15H,6H2,1-5H3,(H,19,20)/t10-,15+/m1/s1. The van der Waals surface area contributed by atoms with Gasteiger partial charge in [0.1, 0.15) is 17.4 Å². The van der Waals surface area contributed by atoms with Gasteiger partial charge >= 0.3 is 5.97 Å². The molecule has 1 aromatic heterocycles. The number of amides is 1. The number of fused-ring (bicyclic) bond motifs is 1. The molecule has 0 radical (unpaired) electrons. The van der Waals surface area contributed by atoms with Gasteiger partial charge in [0.15, 0.2) is 5.76 Å². The van der Waals surface area contributed by atoms with Gasteiger partial charge < -0.3 is 19.2 Å². The van der Waals surface area contributed by atoms with Crippen molar-refractivity contribution in [3.63, 3.8) is 0 Å². The van der Waals surface area contributed by atoms with Crippen molar-refractivity contribution >= 4 is 22.8 Å². The smallest absolute Gasteiger partial charge is 0.328 e. The van der Waals surface area contributed by atoms with E-state index in [9.17, 15) is 9.59 Å². The second-order valence-corrected chi connectivity index (χ2v) is 5.78. The number of esters is 1. The Morgan fingerprint density at radius 1 is 1.29 bits per heavy atom. The molecule has 1 amide bonds. The molecule has 24 heavy (non-hydrogen) atoms. The number of benzene rings is 1. The molecule has 2 aromatic rings. The lowest BCUT2D eigenvalue weighted by Gasteiger charge is -2.21. The summed E-state index contributed by atoms with van der Waals surface area (Å²) in [6.07, 6.45) is 0.732. The molecule has 0 unspecified atom stereocenters. The summed E-state index contributed by atoms with van der Waals surface area (Å²) in [6, 6.07) is 4.63. The molecule has 0 saturated heterocycles. The van der Waals surface area contributed by atoms with Gasteiger partial charge in [-0.05, 0) is 31.0 Å². The highest BCUT2D eigenvalue weighted by Gasteiger charge is 2.29. The van der Waals surface area contributed by atoms with E-state index >= 15 is 0 Å². The molecule has 0 aliphatic heterocycles. The van der Waals surface area contributed by atoms with Crippen molar-refractivity contribution in [2.24, 2.45) is 5.92 Å². The van der Waals surface area contributed by atoms with Gasteiger partial charge in [0.05, 0.1) is 14.2 Å². The van der Waals surface area contributed by atoms with E-state index in [2.05, 4.69) is 5.32 Å². The number of hydrogen-bond acceptors (Lipinski definition) is 5. The van der Waals surface area contributed by atoms with Crippen molar-refractivity contribution in [1.82, 2.24) is 5.32 Å². The first-order valence-corrected chi connectivity index (χ1v) is 7.88. The monoisotopic (exact) mass is 333 g/mol. The zero-order valence-electron chi connectivity index (χ0n) is 14.6. The highest BCUT2D eigenvalue weighted by molar-refractivity contribution is 6.00. The zero-order chi connectivity index (χ0) is 17.9. The molecule has 1 heterocycles. The summed E-state index contributed by atoms with van der Waals surface area (Å²) in [6.45, 7) is 5.64. The third-order valence-corrected chi connectivity index (χ3v) is 4.30. The zero-order valence-corrected chi connectivity index (χ0v) is 14.6. The van der Waals surface area contributed by atoms with Crippen LogP contribution < -0.4 is 10.1 Å². The van der Waals surface area contributed by atoms with E-state index in [1.807, 2.05) is 19.9 Å². The van der Waals surface area contributed by atoms with Crippen molar-refractivity contribution < 1.29 is 23.5 Å². The molecule has 130 valence electrons. The van der Waals surface area contributed by atoms with E-state index in [4.69, 9.17) is 13.9 Å². The average molecular weight is 333 g/mol. The number of furan rings is 1. The molecule has 1 N–H and O–H groups in total. The van der Waals surface area contributed by atoms with Crippen LogP contribution in [0.2, 0.25) is 0 Å². The summed E-state index contributed by atoms with van der Waals surface area (Å²) in [7, 11) is 2.89. The van der Waals surface area contributed by atoms with Crippen LogP contribution in [0, 0.1) is 12.8 Å². The first-order chi connectivity index (χ1) is 11.4. The number of methoxy groups -OCH3 is 2. The third-order valence-electron chi connectivity index (χ3n) is 4.30. The number of nitrogens with one attached hydrogen (secondary N) is 1. The molecule has 0 aliphatic carbocycles. The van der Waals surface area contributed by atoms with Crippen molar-refractivity contribution in [3.8, 4) is 5.75 Å². The predicted octanol–water partition coefficient (Wildman–Crippen LogP) is 3.07. The molecule has 2 rings (SSSR count). The third kappa shape index (κ3) is 3.37. The number of hydrogen-bond donors (Lipinski definition) is 1. The van der Waals surface area contributed by atoms with Crippen LogP contribution in [0.5, 0.6) is 5.75 Å². The van der Waals surface area contributed by atoms with Gasteiger partial charge in [0.2, 0.25) is 0 Å². The van der Waals surface area contributed by atoms with Crippen molar-refractivity contribution in [2.75, 3.05) is 14.2 Å². The molecule has 6 heteroatoms. The molecular formula is C18H23NO5. The highest BCUT2D eigenvalue weighted by Crippen LogP contribution is 2.29. The number of carbonyl (C=O) groups excluding carboxylic acids is 2. The minimum atomic E-state index is -0.713. The lowest BCUT2D eigenvalue weighted by molar-refractivity contribution is -0.144. The van der Waals surface area contributed by atoms with Gasteiger partial charge in [-0.3, -0.25) is 4.79 Å². The largest absolute Gasteiger partial charge is 0.497 e. The Bertz CT molecular complexity index is 749. The Kier molecular flexibility index (Phi) is 5.49. The summed E-state index contributed by atoms with van der Waals surface area (Å²) >= 11 is 0. The van der Waals surface area contributed by atoms with E-state index < -0.39 is 17.9 Å². The topological polar surface area (TPSA) is 77.8 Å². The Hall–Kier alpha value is -2.50. The fraction of sp³-hybridized carbons (Fsp3) is 0.444. The summed E-state index contributed by atoms with van der Waals surface area (Å²) in [5, 5.41) is 3.53. The molecule has 0 bridgehead atoms. The van der Waals surface area contributed by atoms with E-state index in [0.29, 0.717) is 16.9 Å². The van der Waals surface area contributed by atoms with Gasteiger partial charge in [-0.25, -0.2) is 4.79 Å². The Labute approximate surface area is 141 Å². The van der Waals surface area contributed by atoms with Crippen LogP contribution in [0.4, 0.5) is 0 Å². The van der Waals surface area contributed by atoms with E-state index in [-0.39, 0.29) is 11.7 Å². The van der Waals surface area contributed by atoms with Crippen LogP contribution in [0.1, 0.15) is 36.4 Å². The quantitative estimate of drug-likeness (QED) is 0.822. The molecule has 0 aliphatic rings. The summed E-state index contributed by atoms with van der Waals surface area (Å²) in [4.78, 5) is 24.5. The molecule has 2 atom stereocenters. The molecule has 6 nitrogen and oxygen atoms in total. The van der Waals surface area contributed by atoms with Crippen LogP contribution >= 0.6 is 0 Å². The van der Waals surface area contributed by atoms with Gasteiger partial charge in [-0.2, -0.15) is 0 Å². The minimum absolute atomic E-state index is 0.0498. The normalized spacial score (nSPS) is 13.4. The number of ether oxygens (including phenoxy) is 2.